The van der Waals surface area contributed by atoms with Gasteiger partial charge in [-0.05, 0) is 67.1 Å². The molecule has 21 heavy (non-hydrogen) atoms. The van der Waals surface area contributed by atoms with Crippen molar-refractivity contribution in [3.8, 4) is 0 Å². The van der Waals surface area contributed by atoms with Gasteiger partial charge in [-0.3, -0.25) is 0 Å². The van der Waals surface area contributed by atoms with Crippen LogP contribution in [0.1, 0.15) is 29.7 Å². The third-order valence-corrected chi connectivity index (χ3v) is 4.44. The second kappa shape index (κ2) is 7.62. The van der Waals surface area contributed by atoms with Crippen molar-refractivity contribution in [1.29, 1.82) is 0 Å². The van der Waals surface area contributed by atoms with E-state index in [0.29, 0.717) is 0 Å². The standard InChI is InChI=1S/C18H22FNS/c1-4-20-18(14-6-9-17(21-3)10-7-14)12-15-5-8-16(19)11-13(15)2/h5-11,18,20H,4,12H2,1-3H3. The number of likely N-dealkylation sites (N-methyl/N-ethyl adjacent to an activating group) is 1. The molecule has 2 aromatic carbocycles. The fourth-order valence-electron chi connectivity index (χ4n) is 2.50. The van der Waals surface area contributed by atoms with Gasteiger partial charge in [0.05, 0.1) is 0 Å². The topological polar surface area (TPSA) is 12.0 Å². The van der Waals surface area contributed by atoms with E-state index in [-0.39, 0.29) is 11.9 Å². The number of rotatable bonds is 6. The minimum Gasteiger partial charge on any atom is -0.310 e. The Kier molecular flexibility index (Phi) is 5.83. The Bertz CT molecular complexity index is 580. The Balaban J connectivity index is 2.21. The van der Waals surface area contributed by atoms with Crippen LogP contribution in [0.2, 0.25) is 0 Å². The highest BCUT2D eigenvalue weighted by Crippen LogP contribution is 2.23. The fraction of sp³-hybridized carbons (Fsp3) is 0.333. The van der Waals surface area contributed by atoms with E-state index in [1.807, 2.05) is 13.0 Å². The van der Waals surface area contributed by atoms with Crippen LogP contribution < -0.4 is 5.32 Å². The lowest BCUT2D eigenvalue weighted by Crippen LogP contribution is -2.23. The van der Waals surface area contributed by atoms with Crippen LogP contribution in [0.4, 0.5) is 4.39 Å². The third-order valence-electron chi connectivity index (χ3n) is 3.70. The number of halogens is 1. The molecule has 3 heteroatoms. The number of benzene rings is 2. The lowest BCUT2D eigenvalue weighted by atomic mass is 9.96. The van der Waals surface area contributed by atoms with Crippen LogP contribution in [-0.2, 0) is 6.42 Å². The molecule has 0 aliphatic heterocycles. The molecule has 0 aliphatic rings. The van der Waals surface area contributed by atoms with Gasteiger partial charge >= 0.3 is 0 Å². The Hall–Kier alpha value is -1.32. The van der Waals surface area contributed by atoms with Gasteiger partial charge in [0.2, 0.25) is 0 Å². The zero-order valence-corrected chi connectivity index (χ0v) is 13.6. The molecular weight excluding hydrogens is 281 g/mol. The maximum atomic E-state index is 13.2. The van der Waals surface area contributed by atoms with Crippen LogP contribution in [0.25, 0.3) is 0 Å². The van der Waals surface area contributed by atoms with E-state index < -0.39 is 0 Å². The molecule has 0 saturated heterocycles. The van der Waals surface area contributed by atoms with E-state index in [9.17, 15) is 4.39 Å². The minimum absolute atomic E-state index is 0.166. The average Bonchev–Trinajstić information content (AvgIpc) is 2.49. The molecule has 0 bridgehead atoms. The maximum Gasteiger partial charge on any atom is 0.123 e. The van der Waals surface area contributed by atoms with E-state index >= 15 is 0 Å². The molecule has 1 nitrogen and oxygen atoms in total. The van der Waals surface area contributed by atoms with Crippen LogP contribution >= 0.6 is 11.8 Å². The highest BCUT2D eigenvalue weighted by molar-refractivity contribution is 7.98. The largest absolute Gasteiger partial charge is 0.310 e. The fourth-order valence-corrected chi connectivity index (χ4v) is 2.91. The van der Waals surface area contributed by atoms with Crippen molar-refractivity contribution >= 4 is 11.8 Å². The molecule has 1 N–H and O–H groups in total. The van der Waals surface area contributed by atoms with E-state index in [0.717, 1.165) is 18.5 Å². The van der Waals surface area contributed by atoms with Crippen molar-refractivity contribution in [3.63, 3.8) is 0 Å². The second-order valence-electron chi connectivity index (χ2n) is 5.16. The first-order chi connectivity index (χ1) is 10.1. The van der Waals surface area contributed by atoms with Gasteiger partial charge < -0.3 is 5.32 Å². The summed E-state index contributed by atoms with van der Waals surface area (Å²) in [5.41, 5.74) is 3.48. The molecule has 1 unspecified atom stereocenters. The van der Waals surface area contributed by atoms with Gasteiger partial charge in [0.15, 0.2) is 0 Å². The Morgan fingerprint density at radius 1 is 1.14 bits per heavy atom. The normalized spacial score (nSPS) is 12.4. The smallest absolute Gasteiger partial charge is 0.123 e. The molecule has 0 aromatic heterocycles. The van der Waals surface area contributed by atoms with Crippen LogP contribution in [-0.4, -0.2) is 12.8 Å². The minimum atomic E-state index is -0.166. The van der Waals surface area contributed by atoms with Crippen molar-refractivity contribution in [2.24, 2.45) is 0 Å². The first-order valence-electron chi connectivity index (χ1n) is 7.26. The summed E-state index contributed by atoms with van der Waals surface area (Å²) in [5, 5.41) is 3.53. The van der Waals surface area contributed by atoms with Gasteiger partial charge in [-0.25, -0.2) is 4.39 Å². The Morgan fingerprint density at radius 2 is 1.86 bits per heavy atom. The SMILES string of the molecule is CCNC(Cc1ccc(F)cc1C)c1ccc(SC)cc1. The summed E-state index contributed by atoms with van der Waals surface area (Å²) in [6.45, 7) is 4.99. The first-order valence-corrected chi connectivity index (χ1v) is 8.49. The number of hydrogen-bond donors (Lipinski definition) is 1. The van der Waals surface area contributed by atoms with Crippen LogP contribution in [0.15, 0.2) is 47.4 Å². The molecule has 0 heterocycles. The molecule has 0 fully saturated rings. The summed E-state index contributed by atoms with van der Waals surface area (Å²) >= 11 is 1.75. The molecule has 0 aliphatic carbocycles. The summed E-state index contributed by atoms with van der Waals surface area (Å²) in [5.74, 6) is -0.166. The van der Waals surface area contributed by atoms with Crippen LogP contribution in [0.5, 0.6) is 0 Å². The molecule has 112 valence electrons. The quantitative estimate of drug-likeness (QED) is 0.773. The van der Waals surface area contributed by atoms with Crippen molar-refractivity contribution in [2.45, 2.75) is 31.2 Å². The molecule has 2 aromatic rings. The molecule has 1 atom stereocenters. The highest BCUT2D eigenvalue weighted by Gasteiger charge is 2.13. The Morgan fingerprint density at radius 3 is 2.43 bits per heavy atom. The van der Waals surface area contributed by atoms with Gasteiger partial charge in [-0.2, -0.15) is 0 Å². The third kappa shape index (κ3) is 4.32. The summed E-state index contributed by atoms with van der Waals surface area (Å²) in [6, 6.07) is 14.0. The number of aryl methyl sites for hydroxylation is 1. The van der Waals surface area contributed by atoms with Gasteiger partial charge in [-0.15, -0.1) is 11.8 Å². The lowest BCUT2D eigenvalue weighted by Gasteiger charge is -2.20. The molecule has 0 amide bonds. The van der Waals surface area contributed by atoms with Crippen molar-refractivity contribution in [1.82, 2.24) is 5.32 Å². The predicted octanol–water partition coefficient (Wildman–Crippen LogP) is 4.75. The van der Waals surface area contributed by atoms with Crippen molar-refractivity contribution in [3.05, 3.63) is 65.0 Å². The van der Waals surface area contributed by atoms with Gasteiger partial charge in [0.25, 0.3) is 0 Å². The summed E-state index contributed by atoms with van der Waals surface area (Å²) < 4.78 is 13.2. The number of nitrogens with one attached hydrogen (secondary N) is 1. The second-order valence-corrected chi connectivity index (χ2v) is 6.04. The predicted molar refractivity (Wildman–Crippen MR) is 89.5 cm³/mol. The number of hydrogen-bond acceptors (Lipinski definition) is 2. The van der Waals surface area contributed by atoms with Crippen LogP contribution in [0, 0.1) is 12.7 Å². The van der Waals surface area contributed by atoms with Gasteiger partial charge in [-0.1, -0.05) is 25.1 Å². The van der Waals surface area contributed by atoms with Crippen molar-refractivity contribution in [2.75, 3.05) is 12.8 Å². The molecule has 0 radical (unpaired) electrons. The zero-order valence-electron chi connectivity index (χ0n) is 12.8. The number of thioether (sulfide) groups is 1. The zero-order chi connectivity index (χ0) is 15.2. The Labute approximate surface area is 131 Å². The van der Waals surface area contributed by atoms with Crippen LogP contribution in [0.3, 0.4) is 0 Å². The summed E-state index contributed by atoms with van der Waals surface area (Å²) in [7, 11) is 0. The highest BCUT2D eigenvalue weighted by atomic mass is 32.2. The summed E-state index contributed by atoms with van der Waals surface area (Å²) in [4.78, 5) is 1.27. The molecule has 2 rings (SSSR count). The summed E-state index contributed by atoms with van der Waals surface area (Å²) in [6.07, 6.45) is 2.96. The van der Waals surface area contributed by atoms with Gasteiger partial charge in [0.1, 0.15) is 5.82 Å². The monoisotopic (exact) mass is 303 g/mol. The molecule has 0 saturated carbocycles. The maximum absolute atomic E-state index is 13.2. The first kappa shape index (κ1) is 16.1. The van der Waals surface area contributed by atoms with E-state index in [2.05, 4.69) is 42.8 Å². The average molecular weight is 303 g/mol. The van der Waals surface area contributed by atoms with E-state index in [1.165, 1.54) is 16.0 Å². The molecule has 0 spiro atoms. The molecular formula is C18H22FNS. The van der Waals surface area contributed by atoms with Crippen molar-refractivity contribution < 1.29 is 4.39 Å². The van der Waals surface area contributed by atoms with E-state index in [4.69, 9.17) is 0 Å². The van der Waals surface area contributed by atoms with E-state index in [1.54, 1.807) is 23.9 Å². The lowest BCUT2D eigenvalue weighted by molar-refractivity contribution is 0.547. The van der Waals surface area contributed by atoms with Gasteiger partial charge in [0, 0.05) is 10.9 Å².